The van der Waals surface area contributed by atoms with Gasteiger partial charge >= 0.3 is 0 Å². The van der Waals surface area contributed by atoms with Gasteiger partial charge in [0.15, 0.2) is 0 Å². The zero-order chi connectivity index (χ0) is 21.8. The summed E-state index contributed by atoms with van der Waals surface area (Å²) in [6, 6.07) is 26.6. The first-order valence-corrected chi connectivity index (χ1v) is 11.2. The van der Waals surface area contributed by atoms with E-state index >= 15 is 0 Å². The third-order valence-corrected chi connectivity index (χ3v) is 6.45. The van der Waals surface area contributed by atoms with Crippen LogP contribution < -0.4 is 0 Å². The second-order valence-corrected chi connectivity index (χ2v) is 9.07. The van der Waals surface area contributed by atoms with E-state index in [-0.39, 0.29) is 11.7 Å². The highest BCUT2D eigenvalue weighted by molar-refractivity contribution is 7.15. The number of hydrogen-bond donors (Lipinski definition) is 1. The topological polar surface area (TPSA) is 40.5 Å². The molecule has 1 amide bonds. The first-order valence-electron chi connectivity index (χ1n) is 9.97. The summed E-state index contributed by atoms with van der Waals surface area (Å²) in [5.74, 6) is 0.0442. The number of halogens is 1. The predicted molar refractivity (Wildman–Crippen MR) is 128 cm³/mol. The van der Waals surface area contributed by atoms with Gasteiger partial charge in [-0.05, 0) is 48.4 Å². The molecule has 0 bridgehead atoms. The third-order valence-electron chi connectivity index (χ3n) is 5.06. The van der Waals surface area contributed by atoms with Crippen LogP contribution >= 0.6 is 22.9 Å². The van der Waals surface area contributed by atoms with Crippen LogP contribution in [0.25, 0.3) is 10.4 Å². The van der Waals surface area contributed by atoms with E-state index in [2.05, 4.69) is 19.1 Å². The Balaban J connectivity index is 1.72. The van der Waals surface area contributed by atoms with Crippen LogP contribution in [0.2, 0.25) is 5.02 Å². The number of rotatable bonds is 6. The van der Waals surface area contributed by atoms with Crippen molar-refractivity contribution in [2.24, 2.45) is 0 Å². The Morgan fingerprint density at radius 2 is 1.68 bits per heavy atom. The summed E-state index contributed by atoms with van der Waals surface area (Å²) in [4.78, 5) is 17.8. The molecule has 0 radical (unpaired) electrons. The molecule has 1 aromatic heterocycles. The lowest BCUT2D eigenvalue weighted by atomic mass is 10.0. The van der Waals surface area contributed by atoms with Crippen molar-refractivity contribution in [3.05, 3.63) is 112 Å². The Hall–Kier alpha value is -3.08. The molecular formula is C26H22ClNO2S. The summed E-state index contributed by atoms with van der Waals surface area (Å²) >= 11 is 8.04. The molecule has 156 valence electrons. The Labute approximate surface area is 191 Å². The molecule has 0 saturated carbocycles. The van der Waals surface area contributed by atoms with Crippen LogP contribution in [0, 0.1) is 6.92 Å². The molecule has 0 fully saturated rings. The van der Waals surface area contributed by atoms with Crippen LogP contribution in [0.15, 0.2) is 84.9 Å². The molecule has 0 unspecified atom stereocenters. The summed E-state index contributed by atoms with van der Waals surface area (Å²) in [5.41, 5.74) is 3.42. The highest BCUT2D eigenvalue weighted by Gasteiger charge is 2.21. The van der Waals surface area contributed by atoms with E-state index in [1.54, 1.807) is 28.4 Å². The number of thiophene rings is 1. The molecule has 4 aromatic rings. The molecule has 3 nitrogen and oxygen atoms in total. The number of aryl methyl sites for hydroxylation is 1. The van der Waals surface area contributed by atoms with E-state index in [1.165, 1.54) is 10.9 Å². The lowest BCUT2D eigenvalue weighted by Gasteiger charge is -2.25. The summed E-state index contributed by atoms with van der Waals surface area (Å²) in [6.45, 7) is 2.85. The molecular weight excluding hydrogens is 426 g/mol. The molecule has 1 heterocycles. The molecule has 0 atom stereocenters. The molecule has 0 saturated heterocycles. The number of benzene rings is 3. The molecule has 31 heavy (non-hydrogen) atoms. The van der Waals surface area contributed by atoms with Crippen molar-refractivity contribution >= 4 is 28.8 Å². The van der Waals surface area contributed by atoms with Gasteiger partial charge < -0.3 is 10.0 Å². The van der Waals surface area contributed by atoms with Gasteiger partial charge in [-0.1, -0.05) is 66.2 Å². The van der Waals surface area contributed by atoms with Gasteiger partial charge in [0.25, 0.3) is 5.91 Å². The van der Waals surface area contributed by atoms with Crippen molar-refractivity contribution < 1.29 is 9.90 Å². The van der Waals surface area contributed by atoms with Crippen molar-refractivity contribution in [3.8, 4) is 16.2 Å². The Morgan fingerprint density at radius 3 is 2.39 bits per heavy atom. The average Bonchev–Trinajstić information content (AvgIpc) is 3.21. The number of nitrogens with zero attached hydrogens (tertiary/aromatic N) is 1. The van der Waals surface area contributed by atoms with Crippen LogP contribution in [-0.4, -0.2) is 15.9 Å². The quantitative estimate of drug-likeness (QED) is 0.348. The molecule has 0 aliphatic carbocycles. The van der Waals surface area contributed by atoms with Gasteiger partial charge in [-0.15, -0.1) is 11.3 Å². The number of hydrogen-bond acceptors (Lipinski definition) is 3. The minimum atomic E-state index is -0.0605. The Morgan fingerprint density at radius 1 is 0.935 bits per heavy atom. The normalized spacial score (nSPS) is 10.8. The van der Waals surface area contributed by atoms with Gasteiger partial charge in [-0.3, -0.25) is 4.79 Å². The number of carbonyl (C=O) groups excluding carboxylic acids is 1. The Bertz CT molecular complexity index is 1200. The average molecular weight is 448 g/mol. The van der Waals surface area contributed by atoms with Gasteiger partial charge in [0, 0.05) is 39.0 Å². The number of amides is 1. The number of phenolic OH excluding ortho intramolecular Hbond substituents is 1. The van der Waals surface area contributed by atoms with Crippen LogP contribution in [-0.2, 0) is 13.1 Å². The molecule has 0 aliphatic heterocycles. The lowest BCUT2D eigenvalue weighted by Crippen LogP contribution is -2.30. The maximum atomic E-state index is 13.8. The fourth-order valence-corrected chi connectivity index (χ4v) is 4.65. The van der Waals surface area contributed by atoms with Gasteiger partial charge in [0.1, 0.15) is 5.75 Å². The first kappa shape index (κ1) is 21.2. The molecule has 1 N–H and O–H groups in total. The molecule has 3 aromatic carbocycles. The molecule has 0 spiro atoms. The van der Waals surface area contributed by atoms with Crippen LogP contribution in [0.3, 0.4) is 0 Å². The highest BCUT2D eigenvalue weighted by Crippen LogP contribution is 2.32. The summed E-state index contributed by atoms with van der Waals surface area (Å²) in [7, 11) is 0. The summed E-state index contributed by atoms with van der Waals surface area (Å²) < 4.78 is 0. The minimum absolute atomic E-state index is 0.0605. The van der Waals surface area contributed by atoms with Crippen LogP contribution in [0.5, 0.6) is 5.75 Å². The first-order chi connectivity index (χ1) is 15.0. The maximum Gasteiger partial charge on any atom is 0.255 e. The SMILES string of the molecule is Cc1ccc(-c2ccccc2C(=O)N(Cc2ccccc2)Cc2ccc(O)cc2Cl)s1. The van der Waals surface area contributed by atoms with Crippen molar-refractivity contribution in [1.29, 1.82) is 0 Å². The predicted octanol–water partition coefficient (Wildman–Crippen LogP) is 6.93. The van der Waals surface area contributed by atoms with Gasteiger partial charge in [-0.25, -0.2) is 0 Å². The number of phenols is 1. The molecule has 4 rings (SSSR count). The van der Waals surface area contributed by atoms with E-state index < -0.39 is 0 Å². The third kappa shape index (κ3) is 4.98. The minimum Gasteiger partial charge on any atom is -0.508 e. The second-order valence-electron chi connectivity index (χ2n) is 7.38. The fourth-order valence-electron chi connectivity index (χ4n) is 3.51. The number of aromatic hydroxyl groups is 1. The lowest BCUT2D eigenvalue weighted by molar-refractivity contribution is 0.0731. The standard InChI is InChI=1S/C26H22ClNO2S/c1-18-11-14-25(31-18)22-9-5-6-10-23(22)26(30)28(16-19-7-3-2-4-8-19)17-20-12-13-21(29)15-24(20)27/h2-15,29H,16-17H2,1H3. The van der Waals surface area contributed by atoms with Gasteiger partial charge in [0.2, 0.25) is 0 Å². The molecule has 0 aliphatic rings. The van der Waals surface area contributed by atoms with Crippen molar-refractivity contribution in [2.75, 3.05) is 0 Å². The van der Waals surface area contributed by atoms with E-state index in [0.29, 0.717) is 23.7 Å². The summed E-state index contributed by atoms with van der Waals surface area (Å²) in [5, 5.41) is 10.1. The van der Waals surface area contributed by atoms with E-state index in [9.17, 15) is 9.90 Å². The Kier molecular flexibility index (Phi) is 6.40. The second kappa shape index (κ2) is 9.38. The maximum absolute atomic E-state index is 13.8. The smallest absolute Gasteiger partial charge is 0.255 e. The monoisotopic (exact) mass is 447 g/mol. The van der Waals surface area contributed by atoms with Crippen LogP contribution in [0.1, 0.15) is 26.4 Å². The highest BCUT2D eigenvalue weighted by atomic mass is 35.5. The summed E-state index contributed by atoms with van der Waals surface area (Å²) in [6.07, 6.45) is 0. The zero-order valence-electron chi connectivity index (χ0n) is 17.1. The van der Waals surface area contributed by atoms with Gasteiger partial charge in [-0.2, -0.15) is 0 Å². The molecule has 5 heteroatoms. The van der Waals surface area contributed by atoms with E-state index in [1.807, 2.05) is 54.6 Å². The zero-order valence-corrected chi connectivity index (χ0v) is 18.7. The number of carbonyl (C=O) groups is 1. The van der Waals surface area contributed by atoms with Crippen LogP contribution in [0.4, 0.5) is 0 Å². The van der Waals surface area contributed by atoms with E-state index in [4.69, 9.17) is 11.6 Å². The van der Waals surface area contributed by atoms with Crippen molar-refractivity contribution in [2.45, 2.75) is 20.0 Å². The van der Waals surface area contributed by atoms with Gasteiger partial charge in [0.05, 0.1) is 0 Å². The van der Waals surface area contributed by atoms with Crippen molar-refractivity contribution in [3.63, 3.8) is 0 Å². The largest absolute Gasteiger partial charge is 0.508 e. The fraction of sp³-hybridized carbons (Fsp3) is 0.115. The van der Waals surface area contributed by atoms with E-state index in [0.717, 1.165) is 21.6 Å². The van der Waals surface area contributed by atoms with Crippen molar-refractivity contribution in [1.82, 2.24) is 4.90 Å².